The van der Waals surface area contributed by atoms with Crippen LogP contribution in [0.25, 0.3) is 0 Å². The van der Waals surface area contributed by atoms with Crippen molar-refractivity contribution in [1.29, 1.82) is 5.26 Å². The van der Waals surface area contributed by atoms with Crippen molar-refractivity contribution < 1.29 is 0 Å². The first kappa shape index (κ1) is 14.2. The third-order valence-electron chi connectivity index (χ3n) is 2.59. The molecule has 1 N–H and O–H groups in total. The summed E-state index contributed by atoms with van der Waals surface area (Å²) >= 11 is 6.78. The average Bonchev–Trinajstić information content (AvgIpc) is 2.42. The van der Waals surface area contributed by atoms with E-state index in [1.807, 2.05) is 36.4 Å². The summed E-state index contributed by atoms with van der Waals surface area (Å²) in [5.74, 6) is 0. The quantitative estimate of drug-likeness (QED) is 0.873. The van der Waals surface area contributed by atoms with Crippen LogP contribution in [0.1, 0.15) is 17.3 Å². The van der Waals surface area contributed by atoms with Gasteiger partial charge < -0.3 is 0 Å². The molecule has 19 heavy (non-hydrogen) atoms. The standard InChI is InChI=1S/C14H11Br2N3/c15-11-6-12(16)14(19-9-11)13(7-17)18-8-10-4-2-1-3-5-10/h1-6,9,13,18H,8H2. The lowest BCUT2D eigenvalue weighted by Gasteiger charge is -2.12. The van der Waals surface area contributed by atoms with Crippen LogP contribution in [-0.4, -0.2) is 4.98 Å². The molecule has 1 aromatic carbocycles. The summed E-state index contributed by atoms with van der Waals surface area (Å²) in [5.41, 5.74) is 1.83. The molecular formula is C14H11Br2N3. The maximum Gasteiger partial charge on any atom is 0.139 e. The van der Waals surface area contributed by atoms with Crippen molar-refractivity contribution in [1.82, 2.24) is 10.3 Å². The summed E-state index contributed by atoms with van der Waals surface area (Å²) in [4.78, 5) is 4.28. The number of rotatable bonds is 4. The first-order chi connectivity index (χ1) is 9.20. The molecular weight excluding hydrogens is 370 g/mol. The van der Waals surface area contributed by atoms with Gasteiger partial charge >= 0.3 is 0 Å². The predicted molar refractivity (Wildman–Crippen MR) is 81.3 cm³/mol. The highest BCUT2D eigenvalue weighted by molar-refractivity contribution is 9.11. The molecule has 0 aliphatic carbocycles. The number of benzene rings is 1. The van der Waals surface area contributed by atoms with E-state index in [1.165, 1.54) is 0 Å². The topological polar surface area (TPSA) is 48.7 Å². The Balaban J connectivity index is 2.11. The summed E-state index contributed by atoms with van der Waals surface area (Å²) in [6.45, 7) is 0.628. The number of hydrogen-bond acceptors (Lipinski definition) is 3. The average molecular weight is 381 g/mol. The molecule has 1 heterocycles. The Morgan fingerprint density at radius 3 is 2.63 bits per heavy atom. The molecule has 0 saturated heterocycles. The Labute approximate surface area is 128 Å². The van der Waals surface area contributed by atoms with Crippen molar-refractivity contribution in [3.05, 3.63) is 62.8 Å². The lowest BCUT2D eigenvalue weighted by atomic mass is 10.1. The van der Waals surface area contributed by atoms with E-state index in [0.29, 0.717) is 12.2 Å². The smallest absolute Gasteiger partial charge is 0.139 e. The zero-order valence-corrected chi connectivity index (χ0v) is 13.1. The van der Waals surface area contributed by atoms with Crippen molar-refractivity contribution in [3.8, 4) is 6.07 Å². The molecule has 0 bridgehead atoms. The van der Waals surface area contributed by atoms with Gasteiger partial charge in [0.1, 0.15) is 6.04 Å². The number of nitrogens with one attached hydrogen (secondary N) is 1. The number of nitriles is 1. The van der Waals surface area contributed by atoms with Gasteiger partial charge in [-0.2, -0.15) is 5.26 Å². The third kappa shape index (κ3) is 3.87. The Bertz CT molecular complexity index is 593. The van der Waals surface area contributed by atoms with Gasteiger partial charge in [0.15, 0.2) is 0 Å². The van der Waals surface area contributed by atoms with E-state index >= 15 is 0 Å². The summed E-state index contributed by atoms with van der Waals surface area (Å²) < 4.78 is 1.69. The van der Waals surface area contributed by atoms with E-state index in [0.717, 1.165) is 14.5 Å². The normalized spacial score (nSPS) is 11.8. The molecule has 2 aromatic rings. The molecule has 0 spiro atoms. The predicted octanol–water partition coefficient (Wildman–Crippen LogP) is 3.96. The zero-order chi connectivity index (χ0) is 13.7. The minimum atomic E-state index is -0.442. The fourth-order valence-electron chi connectivity index (χ4n) is 1.66. The van der Waals surface area contributed by atoms with Crippen LogP contribution in [0.5, 0.6) is 0 Å². The second kappa shape index (κ2) is 6.80. The monoisotopic (exact) mass is 379 g/mol. The van der Waals surface area contributed by atoms with Gasteiger partial charge in [-0.15, -0.1) is 0 Å². The second-order valence-corrected chi connectivity index (χ2v) is 5.72. The second-order valence-electron chi connectivity index (χ2n) is 3.95. The van der Waals surface area contributed by atoms with Crippen molar-refractivity contribution in [2.24, 2.45) is 0 Å². The van der Waals surface area contributed by atoms with E-state index in [2.05, 4.69) is 48.2 Å². The highest BCUT2D eigenvalue weighted by atomic mass is 79.9. The maximum absolute atomic E-state index is 9.27. The van der Waals surface area contributed by atoms with Crippen LogP contribution in [0.4, 0.5) is 0 Å². The summed E-state index contributed by atoms with van der Waals surface area (Å²) in [7, 11) is 0. The summed E-state index contributed by atoms with van der Waals surface area (Å²) in [5, 5.41) is 12.5. The number of halogens is 2. The zero-order valence-electron chi connectivity index (χ0n) is 9.98. The molecule has 96 valence electrons. The van der Waals surface area contributed by atoms with Crippen LogP contribution in [0.2, 0.25) is 0 Å². The van der Waals surface area contributed by atoms with E-state index < -0.39 is 6.04 Å². The van der Waals surface area contributed by atoms with Crippen LogP contribution in [-0.2, 0) is 6.54 Å². The minimum Gasteiger partial charge on any atom is -0.293 e. The summed E-state index contributed by atoms with van der Waals surface area (Å²) in [6, 6.07) is 13.6. The minimum absolute atomic E-state index is 0.442. The lowest BCUT2D eigenvalue weighted by molar-refractivity contribution is 0.614. The largest absolute Gasteiger partial charge is 0.293 e. The fraction of sp³-hybridized carbons (Fsp3) is 0.143. The van der Waals surface area contributed by atoms with Gasteiger partial charge in [0.25, 0.3) is 0 Å². The van der Waals surface area contributed by atoms with Crippen molar-refractivity contribution >= 4 is 31.9 Å². The van der Waals surface area contributed by atoms with Gasteiger partial charge in [0.05, 0.1) is 11.8 Å². The Morgan fingerprint density at radius 2 is 2.00 bits per heavy atom. The Morgan fingerprint density at radius 1 is 1.26 bits per heavy atom. The van der Waals surface area contributed by atoms with Gasteiger partial charge in [-0.25, -0.2) is 0 Å². The van der Waals surface area contributed by atoms with E-state index in [4.69, 9.17) is 0 Å². The van der Waals surface area contributed by atoms with Gasteiger partial charge in [-0.3, -0.25) is 10.3 Å². The van der Waals surface area contributed by atoms with E-state index in [9.17, 15) is 5.26 Å². The highest BCUT2D eigenvalue weighted by Gasteiger charge is 2.15. The molecule has 3 nitrogen and oxygen atoms in total. The molecule has 0 amide bonds. The van der Waals surface area contributed by atoms with Crippen LogP contribution in [0, 0.1) is 11.3 Å². The lowest BCUT2D eigenvalue weighted by Crippen LogP contribution is -2.20. The van der Waals surface area contributed by atoms with E-state index in [-0.39, 0.29) is 0 Å². The molecule has 0 saturated carbocycles. The molecule has 1 unspecified atom stereocenters. The number of aromatic nitrogens is 1. The molecule has 0 fully saturated rings. The first-order valence-electron chi connectivity index (χ1n) is 5.68. The Kier molecular flexibility index (Phi) is 5.08. The van der Waals surface area contributed by atoms with Gasteiger partial charge in [-0.1, -0.05) is 30.3 Å². The van der Waals surface area contributed by atoms with Crippen LogP contribution in [0.15, 0.2) is 51.5 Å². The van der Waals surface area contributed by atoms with Gasteiger partial charge in [0, 0.05) is 21.7 Å². The van der Waals surface area contributed by atoms with Crippen LogP contribution >= 0.6 is 31.9 Å². The van der Waals surface area contributed by atoms with E-state index in [1.54, 1.807) is 6.20 Å². The first-order valence-corrected chi connectivity index (χ1v) is 7.27. The van der Waals surface area contributed by atoms with Crippen molar-refractivity contribution in [2.45, 2.75) is 12.6 Å². The number of pyridine rings is 1. The van der Waals surface area contributed by atoms with Crippen LogP contribution in [0.3, 0.4) is 0 Å². The van der Waals surface area contributed by atoms with Crippen molar-refractivity contribution in [2.75, 3.05) is 0 Å². The molecule has 0 aliphatic rings. The maximum atomic E-state index is 9.27. The molecule has 2 rings (SSSR count). The molecule has 0 aliphatic heterocycles. The molecule has 1 aromatic heterocycles. The molecule has 1 atom stereocenters. The molecule has 0 radical (unpaired) electrons. The number of hydrogen-bond donors (Lipinski definition) is 1. The summed E-state index contributed by atoms with van der Waals surface area (Å²) in [6.07, 6.45) is 1.69. The van der Waals surface area contributed by atoms with Gasteiger partial charge in [0.2, 0.25) is 0 Å². The van der Waals surface area contributed by atoms with Crippen LogP contribution < -0.4 is 5.32 Å². The Hall–Kier alpha value is -1.22. The third-order valence-corrected chi connectivity index (χ3v) is 3.66. The van der Waals surface area contributed by atoms with Crippen molar-refractivity contribution in [3.63, 3.8) is 0 Å². The molecule has 5 heteroatoms. The SMILES string of the molecule is N#CC(NCc1ccccc1)c1ncc(Br)cc1Br. The fourth-order valence-corrected chi connectivity index (χ4v) is 2.87. The highest BCUT2D eigenvalue weighted by Crippen LogP contribution is 2.24. The van der Waals surface area contributed by atoms with Gasteiger partial charge in [-0.05, 0) is 43.5 Å². The number of nitrogens with zero attached hydrogens (tertiary/aromatic N) is 2.